The number of carbonyl (C=O) groups is 1. The highest BCUT2D eigenvalue weighted by Gasteiger charge is 2.23. The molecule has 0 fully saturated rings. The van der Waals surface area contributed by atoms with Crippen LogP contribution in [0.25, 0.3) is 0 Å². The number of halogens is 2. The number of benzene rings is 1. The molecule has 0 aliphatic rings. The van der Waals surface area contributed by atoms with Crippen molar-refractivity contribution in [3.05, 3.63) is 34.1 Å². The summed E-state index contributed by atoms with van der Waals surface area (Å²) in [5.74, 6) is -1.10. The van der Waals surface area contributed by atoms with Crippen LogP contribution in [0.4, 0.5) is 4.39 Å². The fraction of sp³-hybridized carbons (Fsp3) is 0.500. The van der Waals surface area contributed by atoms with Crippen LogP contribution in [0.2, 0.25) is 0 Å². The summed E-state index contributed by atoms with van der Waals surface area (Å²) >= 11 is 3.36. The van der Waals surface area contributed by atoms with Crippen LogP contribution >= 0.6 is 15.9 Å². The van der Waals surface area contributed by atoms with Crippen molar-refractivity contribution in [1.29, 1.82) is 0 Å². The monoisotopic (exact) mass is 331 g/mol. The molecule has 0 aliphatic carbocycles. The lowest BCUT2D eigenvalue weighted by atomic mass is 10.0. The molecule has 1 rings (SSSR count). The van der Waals surface area contributed by atoms with Gasteiger partial charge in [0.1, 0.15) is 5.82 Å². The maximum absolute atomic E-state index is 13.1. The molecule has 0 saturated heterocycles. The van der Waals surface area contributed by atoms with Gasteiger partial charge in [-0.25, -0.2) is 4.39 Å². The van der Waals surface area contributed by atoms with Gasteiger partial charge in [-0.05, 0) is 38.1 Å². The van der Waals surface area contributed by atoms with Gasteiger partial charge in [0.15, 0.2) is 0 Å². The van der Waals surface area contributed by atoms with Crippen molar-refractivity contribution in [3.63, 3.8) is 0 Å². The van der Waals surface area contributed by atoms with Crippen LogP contribution < -0.4 is 0 Å². The Hall–Kier alpha value is -0.940. The Bertz CT molecular complexity index is 453. The van der Waals surface area contributed by atoms with Gasteiger partial charge in [-0.15, -0.1) is 0 Å². The third-order valence-corrected chi connectivity index (χ3v) is 4.00. The van der Waals surface area contributed by atoms with Crippen LogP contribution in [0, 0.1) is 5.82 Å². The second-order valence-corrected chi connectivity index (χ2v) is 5.47. The van der Waals surface area contributed by atoms with E-state index in [0.29, 0.717) is 4.47 Å². The number of carboxylic acid groups (broad SMARTS) is 1. The van der Waals surface area contributed by atoms with Crippen LogP contribution in [0.3, 0.4) is 0 Å². The topological polar surface area (TPSA) is 40.5 Å². The van der Waals surface area contributed by atoms with Crippen molar-refractivity contribution in [2.45, 2.75) is 39.3 Å². The zero-order valence-electron chi connectivity index (χ0n) is 11.4. The highest BCUT2D eigenvalue weighted by atomic mass is 79.9. The minimum atomic E-state index is -0.809. The van der Waals surface area contributed by atoms with Gasteiger partial charge < -0.3 is 5.11 Å². The first-order valence-electron chi connectivity index (χ1n) is 6.29. The van der Waals surface area contributed by atoms with Gasteiger partial charge in [0.25, 0.3) is 0 Å². The van der Waals surface area contributed by atoms with Crippen molar-refractivity contribution in [1.82, 2.24) is 4.90 Å². The molecule has 0 aromatic heterocycles. The van der Waals surface area contributed by atoms with Gasteiger partial charge in [-0.1, -0.05) is 28.9 Å². The molecule has 106 valence electrons. The summed E-state index contributed by atoms with van der Waals surface area (Å²) in [4.78, 5) is 12.9. The Labute approximate surface area is 121 Å². The van der Waals surface area contributed by atoms with Gasteiger partial charge in [0.05, 0.1) is 6.42 Å². The van der Waals surface area contributed by atoms with E-state index in [9.17, 15) is 9.18 Å². The van der Waals surface area contributed by atoms with E-state index in [0.717, 1.165) is 12.1 Å². The Morgan fingerprint density at radius 1 is 1.47 bits per heavy atom. The molecular weight excluding hydrogens is 313 g/mol. The molecule has 0 amide bonds. The summed E-state index contributed by atoms with van der Waals surface area (Å²) in [7, 11) is 0. The third kappa shape index (κ3) is 4.28. The van der Waals surface area contributed by atoms with Gasteiger partial charge in [-0.3, -0.25) is 9.69 Å². The third-order valence-electron chi connectivity index (χ3n) is 3.31. The first kappa shape index (κ1) is 16.1. The molecule has 1 N–H and O–H groups in total. The molecule has 0 heterocycles. The van der Waals surface area contributed by atoms with Crippen LogP contribution in [0.15, 0.2) is 22.7 Å². The number of hydrogen-bond donors (Lipinski definition) is 1. The van der Waals surface area contributed by atoms with Crippen molar-refractivity contribution < 1.29 is 14.3 Å². The maximum Gasteiger partial charge on any atom is 0.304 e. The average molecular weight is 332 g/mol. The largest absolute Gasteiger partial charge is 0.481 e. The fourth-order valence-corrected chi connectivity index (χ4v) is 3.04. The summed E-state index contributed by atoms with van der Waals surface area (Å²) < 4.78 is 13.8. The molecule has 0 aliphatic heterocycles. The van der Waals surface area contributed by atoms with Crippen molar-refractivity contribution in [2.24, 2.45) is 0 Å². The first-order chi connectivity index (χ1) is 8.86. The molecule has 19 heavy (non-hydrogen) atoms. The zero-order valence-corrected chi connectivity index (χ0v) is 12.9. The molecule has 5 heteroatoms. The van der Waals surface area contributed by atoms with E-state index in [-0.39, 0.29) is 24.3 Å². The molecule has 0 radical (unpaired) electrons. The number of rotatable bonds is 6. The van der Waals surface area contributed by atoms with E-state index in [4.69, 9.17) is 5.11 Å². The predicted octanol–water partition coefficient (Wildman–Crippen LogP) is 3.83. The SMILES string of the molecule is CCN(C(C)CC(=O)O)C(C)c1ccc(F)cc1Br. The second-order valence-electron chi connectivity index (χ2n) is 4.62. The second kappa shape index (κ2) is 7.01. The van der Waals surface area contributed by atoms with Crippen LogP contribution in [-0.2, 0) is 4.79 Å². The highest BCUT2D eigenvalue weighted by Crippen LogP contribution is 2.30. The lowest BCUT2D eigenvalue weighted by Crippen LogP contribution is -2.36. The molecular formula is C14H19BrFNO2. The van der Waals surface area contributed by atoms with Gasteiger partial charge in [-0.2, -0.15) is 0 Å². The summed E-state index contributed by atoms with van der Waals surface area (Å²) in [5, 5.41) is 8.89. The van der Waals surface area contributed by atoms with E-state index < -0.39 is 5.97 Å². The lowest BCUT2D eigenvalue weighted by molar-refractivity contribution is -0.138. The highest BCUT2D eigenvalue weighted by molar-refractivity contribution is 9.10. The van der Waals surface area contributed by atoms with Gasteiger partial charge in [0, 0.05) is 16.6 Å². The Morgan fingerprint density at radius 3 is 2.58 bits per heavy atom. The Kier molecular flexibility index (Phi) is 5.94. The Balaban J connectivity index is 2.94. The maximum atomic E-state index is 13.1. The molecule has 0 saturated carbocycles. The molecule has 2 atom stereocenters. The average Bonchev–Trinajstić information content (AvgIpc) is 2.28. The lowest BCUT2D eigenvalue weighted by Gasteiger charge is -2.33. The smallest absolute Gasteiger partial charge is 0.304 e. The number of hydrogen-bond acceptors (Lipinski definition) is 2. The normalized spacial score (nSPS) is 14.4. The number of nitrogens with zero attached hydrogens (tertiary/aromatic N) is 1. The zero-order chi connectivity index (χ0) is 14.6. The number of aliphatic carboxylic acids is 1. The standard InChI is InChI=1S/C14H19BrFNO2/c1-4-17(9(2)7-14(18)19)10(3)12-6-5-11(16)8-13(12)15/h5-6,8-10H,4,7H2,1-3H3,(H,18,19). The minimum absolute atomic E-state index is 0.0225. The number of carboxylic acids is 1. The van der Waals surface area contributed by atoms with Crippen LogP contribution in [-0.4, -0.2) is 28.6 Å². The van der Waals surface area contributed by atoms with E-state index in [1.165, 1.54) is 12.1 Å². The molecule has 0 bridgehead atoms. The quantitative estimate of drug-likeness (QED) is 0.861. The van der Waals surface area contributed by atoms with E-state index in [1.807, 2.05) is 20.8 Å². The Morgan fingerprint density at radius 2 is 2.11 bits per heavy atom. The van der Waals surface area contributed by atoms with Crippen molar-refractivity contribution in [2.75, 3.05) is 6.54 Å². The van der Waals surface area contributed by atoms with Crippen LogP contribution in [0.1, 0.15) is 38.8 Å². The predicted molar refractivity (Wildman–Crippen MR) is 76.6 cm³/mol. The van der Waals surface area contributed by atoms with E-state index in [1.54, 1.807) is 6.07 Å². The minimum Gasteiger partial charge on any atom is -0.481 e. The molecule has 1 aromatic rings. The fourth-order valence-electron chi connectivity index (χ4n) is 2.36. The van der Waals surface area contributed by atoms with Gasteiger partial charge in [0.2, 0.25) is 0 Å². The summed E-state index contributed by atoms with van der Waals surface area (Å²) in [5.41, 5.74) is 0.959. The summed E-state index contributed by atoms with van der Waals surface area (Å²) in [6.07, 6.45) is 0.0942. The van der Waals surface area contributed by atoms with Crippen molar-refractivity contribution in [3.8, 4) is 0 Å². The van der Waals surface area contributed by atoms with Gasteiger partial charge >= 0.3 is 5.97 Å². The molecule has 0 spiro atoms. The first-order valence-corrected chi connectivity index (χ1v) is 7.08. The molecule has 1 aromatic carbocycles. The van der Waals surface area contributed by atoms with E-state index >= 15 is 0 Å². The summed E-state index contributed by atoms with van der Waals surface area (Å²) in [6, 6.07) is 4.54. The van der Waals surface area contributed by atoms with E-state index in [2.05, 4.69) is 20.8 Å². The molecule has 3 nitrogen and oxygen atoms in total. The van der Waals surface area contributed by atoms with Crippen molar-refractivity contribution >= 4 is 21.9 Å². The molecule has 2 unspecified atom stereocenters. The summed E-state index contributed by atoms with van der Waals surface area (Å²) in [6.45, 7) is 6.62. The van der Waals surface area contributed by atoms with Crippen LogP contribution in [0.5, 0.6) is 0 Å².